The van der Waals surface area contributed by atoms with E-state index >= 15 is 0 Å². The molecule has 3 heteroatoms. The Morgan fingerprint density at radius 1 is 1.27 bits per heavy atom. The molecular formula is C19H18ClNO. The summed E-state index contributed by atoms with van der Waals surface area (Å²) in [6, 6.07) is 14.2. The van der Waals surface area contributed by atoms with Gasteiger partial charge in [-0.3, -0.25) is 4.79 Å². The Morgan fingerprint density at radius 2 is 2.05 bits per heavy atom. The van der Waals surface area contributed by atoms with Gasteiger partial charge in [0, 0.05) is 24.0 Å². The van der Waals surface area contributed by atoms with Gasteiger partial charge in [-0.2, -0.15) is 0 Å². The maximum absolute atomic E-state index is 12.1. The number of amides is 1. The van der Waals surface area contributed by atoms with Gasteiger partial charge in [0.2, 0.25) is 5.91 Å². The van der Waals surface area contributed by atoms with Gasteiger partial charge in [0.15, 0.2) is 0 Å². The van der Waals surface area contributed by atoms with Crippen LogP contribution in [0.4, 0.5) is 0 Å². The molecule has 112 valence electrons. The Kier molecular flexibility index (Phi) is 4.04. The minimum absolute atomic E-state index is 0.0378. The fourth-order valence-electron chi connectivity index (χ4n) is 3.22. The van der Waals surface area contributed by atoms with Crippen LogP contribution in [0.3, 0.4) is 0 Å². The van der Waals surface area contributed by atoms with E-state index in [4.69, 9.17) is 11.6 Å². The highest BCUT2D eigenvalue weighted by atomic mass is 35.5. The zero-order valence-corrected chi connectivity index (χ0v) is 13.3. The van der Waals surface area contributed by atoms with Crippen LogP contribution in [0.25, 0.3) is 0 Å². The fourth-order valence-corrected chi connectivity index (χ4v) is 3.55. The lowest BCUT2D eigenvalue weighted by Crippen LogP contribution is -2.38. The van der Waals surface area contributed by atoms with Crippen molar-refractivity contribution in [3.05, 3.63) is 82.4 Å². The molecule has 1 amide bonds. The Hall–Kier alpha value is -2.06. The van der Waals surface area contributed by atoms with Crippen LogP contribution in [0.5, 0.6) is 0 Å². The van der Waals surface area contributed by atoms with Crippen LogP contribution in [0.15, 0.2) is 55.1 Å². The lowest BCUT2D eigenvalue weighted by molar-refractivity contribution is -0.127. The zero-order valence-electron chi connectivity index (χ0n) is 12.6. The lowest BCUT2D eigenvalue weighted by atomic mass is 9.83. The molecule has 2 aromatic rings. The Bertz CT molecular complexity index is 738. The third-order valence-corrected chi connectivity index (χ3v) is 4.64. The van der Waals surface area contributed by atoms with Gasteiger partial charge >= 0.3 is 0 Å². The number of hydrogen-bond acceptors (Lipinski definition) is 1. The van der Waals surface area contributed by atoms with Crippen LogP contribution >= 0.6 is 11.6 Å². The first kappa shape index (κ1) is 14.9. The minimum atomic E-state index is -0.0378. The zero-order chi connectivity index (χ0) is 15.7. The molecule has 0 fully saturated rings. The van der Waals surface area contributed by atoms with E-state index in [0.29, 0.717) is 13.1 Å². The molecule has 1 heterocycles. The molecule has 2 aromatic carbocycles. The summed E-state index contributed by atoms with van der Waals surface area (Å²) in [4.78, 5) is 13.9. The predicted octanol–water partition coefficient (Wildman–Crippen LogP) is 4.31. The van der Waals surface area contributed by atoms with Gasteiger partial charge in [-0.05, 0) is 41.3 Å². The van der Waals surface area contributed by atoms with Gasteiger partial charge in [0.05, 0.1) is 0 Å². The van der Waals surface area contributed by atoms with Crippen molar-refractivity contribution >= 4 is 17.5 Å². The molecule has 1 atom stereocenters. The molecule has 0 unspecified atom stereocenters. The van der Waals surface area contributed by atoms with E-state index in [0.717, 1.165) is 16.1 Å². The van der Waals surface area contributed by atoms with E-state index in [-0.39, 0.29) is 11.8 Å². The molecule has 0 radical (unpaired) electrons. The van der Waals surface area contributed by atoms with Crippen molar-refractivity contribution in [2.24, 2.45) is 0 Å². The minimum Gasteiger partial charge on any atom is -0.334 e. The second-order valence-corrected chi connectivity index (χ2v) is 6.05. The van der Waals surface area contributed by atoms with Crippen molar-refractivity contribution in [2.75, 3.05) is 6.54 Å². The second-order valence-electron chi connectivity index (χ2n) is 5.64. The number of hydrogen-bond donors (Lipinski definition) is 0. The van der Waals surface area contributed by atoms with Crippen molar-refractivity contribution in [1.82, 2.24) is 4.90 Å². The van der Waals surface area contributed by atoms with Crippen LogP contribution in [0.1, 0.15) is 28.2 Å². The number of aryl methyl sites for hydroxylation is 1. The molecule has 0 aliphatic carbocycles. The van der Waals surface area contributed by atoms with E-state index in [2.05, 4.69) is 31.7 Å². The molecule has 22 heavy (non-hydrogen) atoms. The smallest absolute Gasteiger partial charge is 0.246 e. The SMILES string of the molecule is C=CC(=O)N1Cc2cccc(Cl)c2[C@H](c2ccccc2C)C1. The van der Waals surface area contributed by atoms with Gasteiger partial charge in [-0.1, -0.05) is 54.6 Å². The van der Waals surface area contributed by atoms with Crippen LogP contribution in [-0.2, 0) is 11.3 Å². The van der Waals surface area contributed by atoms with E-state index < -0.39 is 0 Å². The second kappa shape index (κ2) is 5.98. The number of carbonyl (C=O) groups excluding carboxylic acids is 1. The van der Waals surface area contributed by atoms with Crippen LogP contribution in [0.2, 0.25) is 5.02 Å². The summed E-state index contributed by atoms with van der Waals surface area (Å²) in [5.41, 5.74) is 4.69. The van der Waals surface area contributed by atoms with Gasteiger partial charge in [-0.15, -0.1) is 0 Å². The molecule has 0 bridgehead atoms. The summed E-state index contributed by atoms with van der Waals surface area (Å²) in [5, 5.41) is 0.774. The molecule has 1 aliphatic rings. The number of benzene rings is 2. The third kappa shape index (κ3) is 2.55. The van der Waals surface area contributed by atoms with Gasteiger partial charge in [0.1, 0.15) is 0 Å². The first-order valence-corrected chi connectivity index (χ1v) is 7.73. The lowest BCUT2D eigenvalue weighted by Gasteiger charge is -2.35. The largest absolute Gasteiger partial charge is 0.334 e. The van der Waals surface area contributed by atoms with Gasteiger partial charge < -0.3 is 4.90 Å². The number of rotatable bonds is 2. The third-order valence-electron chi connectivity index (χ3n) is 4.31. The summed E-state index contributed by atoms with van der Waals surface area (Å²) >= 11 is 6.48. The summed E-state index contributed by atoms with van der Waals surface area (Å²) in [7, 11) is 0. The normalized spacial score (nSPS) is 17.0. The summed E-state index contributed by atoms with van der Waals surface area (Å²) < 4.78 is 0. The molecule has 0 saturated heterocycles. The quantitative estimate of drug-likeness (QED) is 0.757. The molecule has 0 aromatic heterocycles. The Morgan fingerprint density at radius 3 is 2.77 bits per heavy atom. The van der Waals surface area contributed by atoms with Crippen molar-refractivity contribution in [3.63, 3.8) is 0 Å². The van der Waals surface area contributed by atoms with Crippen LogP contribution in [0, 0.1) is 6.92 Å². The fraction of sp³-hybridized carbons (Fsp3) is 0.211. The molecule has 0 saturated carbocycles. The van der Waals surface area contributed by atoms with E-state index in [1.165, 1.54) is 17.2 Å². The topological polar surface area (TPSA) is 20.3 Å². The average molecular weight is 312 g/mol. The summed E-state index contributed by atoms with van der Waals surface area (Å²) in [6.07, 6.45) is 1.38. The first-order chi connectivity index (χ1) is 10.6. The van der Waals surface area contributed by atoms with Crippen molar-refractivity contribution in [1.29, 1.82) is 0 Å². The number of halogens is 1. The first-order valence-electron chi connectivity index (χ1n) is 7.36. The van der Waals surface area contributed by atoms with Crippen molar-refractivity contribution in [3.8, 4) is 0 Å². The predicted molar refractivity (Wildman–Crippen MR) is 90.1 cm³/mol. The highest BCUT2D eigenvalue weighted by molar-refractivity contribution is 6.31. The van der Waals surface area contributed by atoms with Crippen molar-refractivity contribution in [2.45, 2.75) is 19.4 Å². The molecular weight excluding hydrogens is 294 g/mol. The summed E-state index contributed by atoms with van der Waals surface area (Å²) in [5.74, 6) is 0.0618. The van der Waals surface area contributed by atoms with Gasteiger partial charge in [0.25, 0.3) is 0 Å². The van der Waals surface area contributed by atoms with E-state index in [1.54, 1.807) is 0 Å². The Labute approximate surface area is 136 Å². The monoisotopic (exact) mass is 311 g/mol. The van der Waals surface area contributed by atoms with Crippen LogP contribution in [-0.4, -0.2) is 17.4 Å². The maximum atomic E-state index is 12.1. The van der Waals surface area contributed by atoms with Crippen LogP contribution < -0.4 is 0 Å². The number of nitrogens with zero attached hydrogens (tertiary/aromatic N) is 1. The highest BCUT2D eigenvalue weighted by Gasteiger charge is 2.30. The molecule has 0 N–H and O–H groups in total. The number of fused-ring (bicyclic) bond motifs is 1. The molecule has 1 aliphatic heterocycles. The maximum Gasteiger partial charge on any atom is 0.246 e. The van der Waals surface area contributed by atoms with E-state index in [9.17, 15) is 4.79 Å². The van der Waals surface area contributed by atoms with E-state index in [1.807, 2.05) is 29.2 Å². The molecule has 2 nitrogen and oxygen atoms in total. The summed E-state index contributed by atoms with van der Waals surface area (Å²) in [6.45, 7) is 6.92. The number of carbonyl (C=O) groups is 1. The average Bonchev–Trinajstić information content (AvgIpc) is 2.54. The standard InChI is InChI=1S/C19H18ClNO/c1-3-18(22)21-11-14-8-6-10-17(20)19(14)16(12-21)15-9-5-4-7-13(15)2/h3-10,16H,1,11-12H2,2H3/t16-/m0/s1. The van der Waals surface area contributed by atoms with Crippen molar-refractivity contribution < 1.29 is 4.79 Å². The highest BCUT2D eigenvalue weighted by Crippen LogP contribution is 2.39. The molecule has 0 spiro atoms. The molecule has 3 rings (SSSR count). The Balaban J connectivity index is 2.14. The van der Waals surface area contributed by atoms with Gasteiger partial charge in [-0.25, -0.2) is 0 Å².